The SMILES string of the molecule is CCN(CC)CCCC(C)NC(C)c1ccc(C)cc1O. The lowest BCUT2D eigenvalue weighted by Crippen LogP contribution is -2.31. The molecular formula is C18H32N2O. The van der Waals surface area contributed by atoms with Crippen molar-refractivity contribution in [1.82, 2.24) is 10.2 Å². The second-order valence-electron chi connectivity index (χ2n) is 6.02. The number of aromatic hydroxyl groups is 1. The second kappa shape index (κ2) is 9.06. The van der Waals surface area contributed by atoms with Crippen LogP contribution in [0, 0.1) is 6.92 Å². The highest BCUT2D eigenvalue weighted by molar-refractivity contribution is 5.37. The summed E-state index contributed by atoms with van der Waals surface area (Å²) in [7, 11) is 0. The molecule has 3 nitrogen and oxygen atoms in total. The first kappa shape index (κ1) is 18.0. The zero-order chi connectivity index (χ0) is 15.8. The minimum absolute atomic E-state index is 0.175. The Morgan fingerprint density at radius 3 is 2.43 bits per heavy atom. The summed E-state index contributed by atoms with van der Waals surface area (Å²) in [5, 5.41) is 13.6. The summed E-state index contributed by atoms with van der Waals surface area (Å²) >= 11 is 0. The van der Waals surface area contributed by atoms with Crippen molar-refractivity contribution in [3.8, 4) is 5.75 Å². The summed E-state index contributed by atoms with van der Waals surface area (Å²) in [5.74, 6) is 0.394. The second-order valence-corrected chi connectivity index (χ2v) is 6.02. The maximum atomic E-state index is 10.0. The molecule has 1 rings (SSSR count). The van der Waals surface area contributed by atoms with E-state index in [9.17, 15) is 5.11 Å². The van der Waals surface area contributed by atoms with Gasteiger partial charge in [0.1, 0.15) is 5.75 Å². The molecule has 21 heavy (non-hydrogen) atoms. The van der Waals surface area contributed by atoms with Crippen molar-refractivity contribution < 1.29 is 5.11 Å². The fraction of sp³-hybridized carbons (Fsp3) is 0.667. The number of phenolic OH excluding ortho intramolecular Hbond substituents is 1. The number of phenols is 1. The zero-order valence-electron chi connectivity index (χ0n) is 14.3. The Morgan fingerprint density at radius 1 is 1.19 bits per heavy atom. The Balaban J connectivity index is 2.41. The molecule has 0 heterocycles. The van der Waals surface area contributed by atoms with Crippen molar-refractivity contribution >= 4 is 0 Å². The molecule has 0 spiro atoms. The summed E-state index contributed by atoms with van der Waals surface area (Å²) in [5.41, 5.74) is 2.08. The predicted octanol–water partition coefficient (Wildman–Crippen LogP) is 3.86. The van der Waals surface area contributed by atoms with Gasteiger partial charge in [0, 0.05) is 17.6 Å². The molecule has 1 aromatic rings. The Bertz CT molecular complexity index is 416. The van der Waals surface area contributed by atoms with Gasteiger partial charge in [-0.25, -0.2) is 0 Å². The third-order valence-corrected chi connectivity index (χ3v) is 4.19. The number of hydrogen-bond acceptors (Lipinski definition) is 3. The lowest BCUT2D eigenvalue weighted by Gasteiger charge is -2.23. The summed E-state index contributed by atoms with van der Waals surface area (Å²) in [4.78, 5) is 2.46. The average molecular weight is 292 g/mol. The van der Waals surface area contributed by atoms with Gasteiger partial charge in [-0.2, -0.15) is 0 Å². The minimum atomic E-state index is 0.175. The van der Waals surface area contributed by atoms with Crippen molar-refractivity contribution in [2.75, 3.05) is 19.6 Å². The van der Waals surface area contributed by atoms with E-state index in [2.05, 4.69) is 44.0 Å². The fourth-order valence-electron chi connectivity index (χ4n) is 2.78. The highest BCUT2D eigenvalue weighted by Crippen LogP contribution is 2.25. The summed E-state index contributed by atoms with van der Waals surface area (Å²) in [6, 6.07) is 6.53. The van der Waals surface area contributed by atoms with Crippen molar-refractivity contribution in [3.63, 3.8) is 0 Å². The molecule has 0 amide bonds. The van der Waals surface area contributed by atoms with Gasteiger partial charge in [0.05, 0.1) is 0 Å². The van der Waals surface area contributed by atoms with Gasteiger partial charge in [0.25, 0.3) is 0 Å². The molecule has 0 aliphatic heterocycles. The molecule has 0 saturated heterocycles. The summed E-state index contributed by atoms with van der Waals surface area (Å²) in [6.45, 7) is 14.2. The summed E-state index contributed by atoms with van der Waals surface area (Å²) in [6.07, 6.45) is 2.37. The van der Waals surface area contributed by atoms with Crippen LogP contribution in [0.5, 0.6) is 5.75 Å². The zero-order valence-corrected chi connectivity index (χ0v) is 14.3. The highest BCUT2D eigenvalue weighted by atomic mass is 16.3. The highest BCUT2D eigenvalue weighted by Gasteiger charge is 2.13. The average Bonchev–Trinajstić information content (AvgIpc) is 2.43. The first-order valence-corrected chi connectivity index (χ1v) is 8.25. The van der Waals surface area contributed by atoms with E-state index < -0.39 is 0 Å². The Hall–Kier alpha value is -1.06. The Labute approximate surface area is 130 Å². The lowest BCUT2D eigenvalue weighted by atomic mass is 10.0. The van der Waals surface area contributed by atoms with Crippen LogP contribution in [0.2, 0.25) is 0 Å². The van der Waals surface area contributed by atoms with Crippen LogP contribution in [-0.4, -0.2) is 35.7 Å². The van der Waals surface area contributed by atoms with Gasteiger partial charge >= 0.3 is 0 Å². The van der Waals surface area contributed by atoms with Gasteiger partial charge in [-0.15, -0.1) is 0 Å². The van der Waals surface area contributed by atoms with Crippen molar-refractivity contribution in [2.24, 2.45) is 0 Å². The first-order valence-electron chi connectivity index (χ1n) is 8.25. The van der Waals surface area contributed by atoms with Crippen LogP contribution in [0.25, 0.3) is 0 Å². The number of nitrogens with zero attached hydrogens (tertiary/aromatic N) is 1. The predicted molar refractivity (Wildman–Crippen MR) is 90.9 cm³/mol. The number of nitrogens with one attached hydrogen (secondary N) is 1. The van der Waals surface area contributed by atoms with E-state index in [1.54, 1.807) is 0 Å². The standard InChI is InChI=1S/C18H32N2O/c1-6-20(7-2)12-8-9-15(4)19-16(5)17-11-10-14(3)13-18(17)21/h10-11,13,15-16,19,21H,6-9,12H2,1-5H3. The van der Waals surface area contributed by atoms with Crippen LogP contribution in [-0.2, 0) is 0 Å². The number of benzene rings is 1. The quantitative estimate of drug-likeness (QED) is 0.725. The molecule has 0 aliphatic rings. The van der Waals surface area contributed by atoms with Crippen molar-refractivity contribution in [1.29, 1.82) is 0 Å². The van der Waals surface area contributed by atoms with Gasteiger partial charge in [0.2, 0.25) is 0 Å². The maximum absolute atomic E-state index is 10.0. The van der Waals surface area contributed by atoms with E-state index in [1.807, 2.05) is 19.1 Å². The number of hydrogen-bond donors (Lipinski definition) is 2. The largest absolute Gasteiger partial charge is 0.508 e. The number of rotatable bonds is 9. The van der Waals surface area contributed by atoms with Crippen LogP contribution in [0.1, 0.15) is 57.7 Å². The summed E-state index contributed by atoms with van der Waals surface area (Å²) < 4.78 is 0. The molecule has 0 bridgehead atoms. The monoisotopic (exact) mass is 292 g/mol. The topological polar surface area (TPSA) is 35.5 Å². The van der Waals surface area contributed by atoms with Gasteiger partial charge in [0.15, 0.2) is 0 Å². The van der Waals surface area contributed by atoms with Gasteiger partial charge < -0.3 is 15.3 Å². The molecule has 0 radical (unpaired) electrons. The van der Waals surface area contributed by atoms with Crippen molar-refractivity contribution in [3.05, 3.63) is 29.3 Å². The van der Waals surface area contributed by atoms with Crippen LogP contribution in [0.15, 0.2) is 18.2 Å². The van der Waals surface area contributed by atoms with E-state index in [0.717, 1.165) is 30.6 Å². The molecule has 0 aliphatic carbocycles. The minimum Gasteiger partial charge on any atom is -0.508 e. The van der Waals surface area contributed by atoms with Crippen LogP contribution in [0.3, 0.4) is 0 Å². The maximum Gasteiger partial charge on any atom is 0.120 e. The van der Waals surface area contributed by atoms with E-state index in [-0.39, 0.29) is 6.04 Å². The molecule has 120 valence electrons. The van der Waals surface area contributed by atoms with Crippen molar-refractivity contribution in [2.45, 2.75) is 59.5 Å². The van der Waals surface area contributed by atoms with E-state index in [4.69, 9.17) is 0 Å². The van der Waals surface area contributed by atoms with E-state index in [0.29, 0.717) is 11.8 Å². The molecule has 2 atom stereocenters. The van der Waals surface area contributed by atoms with Gasteiger partial charge in [-0.05, 0) is 64.9 Å². The van der Waals surface area contributed by atoms with Crippen LogP contribution in [0.4, 0.5) is 0 Å². The third-order valence-electron chi connectivity index (χ3n) is 4.19. The lowest BCUT2D eigenvalue weighted by molar-refractivity contribution is 0.288. The molecular weight excluding hydrogens is 260 g/mol. The smallest absolute Gasteiger partial charge is 0.120 e. The third kappa shape index (κ3) is 6.06. The molecule has 0 fully saturated rings. The molecule has 2 unspecified atom stereocenters. The number of aryl methyl sites for hydroxylation is 1. The normalized spacial score (nSPS) is 14.4. The first-order chi connectivity index (χ1) is 9.97. The fourth-order valence-corrected chi connectivity index (χ4v) is 2.78. The van der Waals surface area contributed by atoms with E-state index in [1.165, 1.54) is 13.0 Å². The van der Waals surface area contributed by atoms with Crippen LogP contribution >= 0.6 is 0 Å². The molecule has 3 heteroatoms. The van der Waals surface area contributed by atoms with Gasteiger partial charge in [-0.1, -0.05) is 26.0 Å². The Morgan fingerprint density at radius 2 is 1.86 bits per heavy atom. The Kier molecular flexibility index (Phi) is 7.76. The molecule has 0 saturated carbocycles. The molecule has 0 aromatic heterocycles. The molecule has 2 N–H and O–H groups in total. The molecule has 1 aromatic carbocycles. The van der Waals surface area contributed by atoms with Crippen LogP contribution < -0.4 is 5.32 Å². The van der Waals surface area contributed by atoms with Gasteiger partial charge in [-0.3, -0.25) is 0 Å². The van der Waals surface area contributed by atoms with E-state index >= 15 is 0 Å².